The van der Waals surface area contributed by atoms with Crippen molar-refractivity contribution < 1.29 is 9.53 Å². The number of nitrogens with zero attached hydrogens (tertiary/aromatic N) is 5. The number of hydrogen-bond donors (Lipinski definition) is 0. The van der Waals surface area contributed by atoms with Crippen molar-refractivity contribution >= 4 is 11.9 Å². The molecule has 0 aromatic carbocycles. The average Bonchev–Trinajstić information content (AvgIpc) is 2.63. The first-order chi connectivity index (χ1) is 12.5. The van der Waals surface area contributed by atoms with Crippen LogP contribution in [0.2, 0.25) is 0 Å². The van der Waals surface area contributed by atoms with Gasteiger partial charge in [0.15, 0.2) is 0 Å². The quantitative estimate of drug-likeness (QED) is 0.790. The molecule has 0 N–H and O–H groups in total. The van der Waals surface area contributed by atoms with Gasteiger partial charge >= 0.3 is 0 Å². The van der Waals surface area contributed by atoms with Crippen LogP contribution in [-0.4, -0.2) is 83.2 Å². The minimum atomic E-state index is -0.141. The van der Waals surface area contributed by atoms with Crippen molar-refractivity contribution in [2.24, 2.45) is 0 Å². The molecule has 7 heteroatoms. The van der Waals surface area contributed by atoms with Gasteiger partial charge < -0.3 is 14.5 Å². The number of ether oxygens (including phenoxy) is 1. The highest BCUT2D eigenvalue weighted by atomic mass is 16.5. The Morgan fingerprint density at radius 3 is 2.58 bits per heavy atom. The van der Waals surface area contributed by atoms with E-state index in [1.165, 1.54) is 0 Å². The van der Waals surface area contributed by atoms with E-state index in [1.54, 1.807) is 12.4 Å². The third kappa shape index (κ3) is 4.71. The third-order valence-corrected chi connectivity index (χ3v) is 5.34. The Morgan fingerprint density at radius 2 is 1.96 bits per heavy atom. The Labute approximate surface area is 156 Å². The maximum Gasteiger partial charge on any atom is 0.236 e. The molecule has 1 amide bonds. The summed E-state index contributed by atoms with van der Waals surface area (Å²) < 4.78 is 5.81. The molecule has 1 aromatic heterocycles. The van der Waals surface area contributed by atoms with Crippen LogP contribution in [0.25, 0.3) is 0 Å². The normalized spacial score (nSPS) is 23.7. The van der Waals surface area contributed by atoms with Crippen LogP contribution in [0.3, 0.4) is 0 Å². The molecule has 0 spiro atoms. The standard InChI is InChI=1S/C19H31N5O2/c1-4-24(16-6-13-26-19(2,3)14-16)17(25)15-22-9-11-23(12-10-22)18-20-7-5-8-21-18/h5,7-8,16H,4,6,9-15H2,1-3H3/t16-/m1/s1. The minimum absolute atomic E-state index is 0.141. The zero-order chi connectivity index (χ0) is 18.6. The molecule has 3 heterocycles. The average molecular weight is 361 g/mol. The molecule has 7 nitrogen and oxygen atoms in total. The summed E-state index contributed by atoms with van der Waals surface area (Å²) in [6, 6.07) is 2.12. The lowest BCUT2D eigenvalue weighted by atomic mass is 9.92. The Morgan fingerprint density at radius 1 is 1.27 bits per heavy atom. The smallest absolute Gasteiger partial charge is 0.236 e. The van der Waals surface area contributed by atoms with E-state index < -0.39 is 0 Å². The summed E-state index contributed by atoms with van der Waals surface area (Å²) in [6.07, 6.45) is 5.38. The van der Waals surface area contributed by atoms with Crippen LogP contribution in [0.15, 0.2) is 18.5 Å². The van der Waals surface area contributed by atoms with Gasteiger partial charge in [0.25, 0.3) is 0 Å². The molecule has 0 saturated carbocycles. The van der Waals surface area contributed by atoms with E-state index in [0.717, 1.165) is 58.1 Å². The van der Waals surface area contributed by atoms with Gasteiger partial charge in [-0.3, -0.25) is 9.69 Å². The number of aromatic nitrogens is 2. The van der Waals surface area contributed by atoms with Crippen molar-refractivity contribution in [1.29, 1.82) is 0 Å². The summed E-state index contributed by atoms with van der Waals surface area (Å²) in [4.78, 5) is 28.0. The van der Waals surface area contributed by atoms with E-state index in [0.29, 0.717) is 6.54 Å². The van der Waals surface area contributed by atoms with E-state index in [1.807, 2.05) is 6.07 Å². The Balaban J connectivity index is 1.51. The highest BCUT2D eigenvalue weighted by Crippen LogP contribution is 2.27. The highest BCUT2D eigenvalue weighted by molar-refractivity contribution is 5.78. The van der Waals surface area contributed by atoms with Crippen molar-refractivity contribution in [1.82, 2.24) is 19.8 Å². The molecule has 1 atom stereocenters. The monoisotopic (exact) mass is 361 g/mol. The fourth-order valence-electron chi connectivity index (χ4n) is 3.95. The largest absolute Gasteiger partial charge is 0.375 e. The van der Waals surface area contributed by atoms with Gasteiger partial charge in [-0.15, -0.1) is 0 Å². The van der Waals surface area contributed by atoms with Crippen LogP contribution in [0.5, 0.6) is 0 Å². The zero-order valence-electron chi connectivity index (χ0n) is 16.2. The van der Waals surface area contributed by atoms with Gasteiger partial charge in [-0.1, -0.05) is 0 Å². The van der Waals surface area contributed by atoms with Gasteiger partial charge in [0.05, 0.1) is 12.1 Å². The first-order valence-corrected chi connectivity index (χ1v) is 9.66. The van der Waals surface area contributed by atoms with Crippen molar-refractivity contribution in [2.45, 2.75) is 45.3 Å². The Bertz CT molecular complexity index is 587. The summed E-state index contributed by atoms with van der Waals surface area (Å²) in [7, 11) is 0. The summed E-state index contributed by atoms with van der Waals surface area (Å²) in [5.41, 5.74) is -0.141. The highest BCUT2D eigenvalue weighted by Gasteiger charge is 2.34. The van der Waals surface area contributed by atoms with E-state index >= 15 is 0 Å². The first-order valence-electron chi connectivity index (χ1n) is 9.66. The van der Waals surface area contributed by atoms with Crippen LogP contribution in [-0.2, 0) is 9.53 Å². The van der Waals surface area contributed by atoms with Crippen molar-refractivity contribution in [3.63, 3.8) is 0 Å². The molecular weight excluding hydrogens is 330 g/mol. The summed E-state index contributed by atoms with van der Waals surface area (Å²) >= 11 is 0. The van der Waals surface area contributed by atoms with Gasteiger partial charge in [0, 0.05) is 57.8 Å². The number of anilines is 1. The van der Waals surface area contributed by atoms with Crippen molar-refractivity contribution in [2.75, 3.05) is 50.8 Å². The fourth-order valence-corrected chi connectivity index (χ4v) is 3.95. The number of carbonyl (C=O) groups is 1. The second-order valence-electron chi connectivity index (χ2n) is 7.75. The van der Waals surface area contributed by atoms with E-state index in [9.17, 15) is 4.79 Å². The second-order valence-corrected chi connectivity index (χ2v) is 7.75. The van der Waals surface area contributed by atoms with E-state index in [-0.39, 0.29) is 17.6 Å². The van der Waals surface area contributed by atoms with Gasteiger partial charge in [0.1, 0.15) is 0 Å². The third-order valence-electron chi connectivity index (χ3n) is 5.34. The van der Waals surface area contributed by atoms with Crippen LogP contribution < -0.4 is 4.90 Å². The molecular formula is C19H31N5O2. The van der Waals surface area contributed by atoms with Gasteiger partial charge in [-0.2, -0.15) is 0 Å². The first kappa shape index (κ1) is 19.0. The lowest BCUT2D eigenvalue weighted by molar-refractivity contribution is -0.141. The lowest BCUT2D eigenvalue weighted by Gasteiger charge is -2.42. The molecule has 144 valence electrons. The molecule has 2 aliphatic rings. The number of hydrogen-bond acceptors (Lipinski definition) is 6. The molecule has 1 aromatic rings. The van der Waals surface area contributed by atoms with Crippen LogP contribution in [0.1, 0.15) is 33.6 Å². The molecule has 0 unspecified atom stereocenters. The number of amides is 1. The van der Waals surface area contributed by atoms with Gasteiger partial charge in [0.2, 0.25) is 11.9 Å². The predicted molar refractivity (Wildman–Crippen MR) is 101 cm³/mol. The molecule has 2 saturated heterocycles. The summed E-state index contributed by atoms with van der Waals surface area (Å²) in [5.74, 6) is 1.01. The maximum atomic E-state index is 12.9. The van der Waals surface area contributed by atoms with Crippen LogP contribution >= 0.6 is 0 Å². The summed E-state index contributed by atoms with van der Waals surface area (Å²) in [5, 5.41) is 0. The molecule has 26 heavy (non-hydrogen) atoms. The van der Waals surface area contributed by atoms with Gasteiger partial charge in [-0.25, -0.2) is 9.97 Å². The Hall–Kier alpha value is -1.73. The van der Waals surface area contributed by atoms with Crippen LogP contribution in [0.4, 0.5) is 5.95 Å². The SMILES string of the molecule is CCN(C(=O)CN1CCN(c2ncccn2)CC1)[C@@H]1CCOC(C)(C)C1. The maximum absolute atomic E-state index is 12.9. The number of piperazine rings is 1. The zero-order valence-corrected chi connectivity index (χ0v) is 16.2. The summed E-state index contributed by atoms with van der Waals surface area (Å²) in [6.45, 7) is 11.7. The molecule has 0 aliphatic carbocycles. The van der Waals surface area contributed by atoms with Gasteiger partial charge in [-0.05, 0) is 39.7 Å². The minimum Gasteiger partial charge on any atom is -0.375 e. The van der Waals surface area contributed by atoms with E-state index in [4.69, 9.17) is 4.74 Å². The molecule has 3 rings (SSSR count). The molecule has 0 radical (unpaired) electrons. The number of rotatable bonds is 5. The number of carbonyl (C=O) groups excluding carboxylic acids is 1. The predicted octanol–water partition coefficient (Wildman–Crippen LogP) is 1.40. The van der Waals surface area contributed by atoms with Crippen molar-refractivity contribution in [3.05, 3.63) is 18.5 Å². The second kappa shape index (κ2) is 8.31. The molecule has 2 fully saturated rings. The molecule has 0 bridgehead atoms. The Kier molecular flexibility index (Phi) is 6.09. The van der Waals surface area contributed by atoms with Crippen molar-refractivity contribution in [3.8, 4) is 0 Å². The van der Waals surface area contributed by atoms with E-state index in [2.05, 4.69) is 45.4 Å². The molecule has 2 aliphatic heterocycles. The van der Waals surface area contributed by atoms with Crippen LogP contribution in [0, 0.1) is 0 Å². The fraction of sp³-hybridized carbons (Fsp3) is 0.737. The lowest BCUT2D eigenvalue weighted by Crippen LogP contribution is -2.53. The number of likely N-dealkylation sites (N-methyl/N-ethyl adjacent to an activating group) is 1. The topological polar surface area (TPSA) is 61.8 Å².